The van der Waals surface area contributed by atoms with E-state index in [2.05, 4.69) is 10.3 Å². The smallest absolute Gasteiger partial charge is 0.224 e. The Balaban J connectivity index is 2.34. The zero-order valence-electron chi connectivity index (χ0n) is 8.68. The van der Waals surface area contributed by atoms with Crippen LogP contribution in [0, 0.1) is 0 Å². The molecular weight excluding hydrogens is 246 g/mol. The Morgan fingerprint density at radius 3 is 3.06 bits per heavy atom. The number of halogens is 1. The summed E-state index contributed by atoms with van der Waals surface area (Å²) in [5.41, 5.74) is 0.492. The van der Waals surface area contributed by atoms with E-state index >= 15 is 0 Å². The van der Waals surface area contributed by atoms with Crippen molar-refractivity contribution in [2.45, 2.75) is 19.9 Å². The fourth-order valence-electron chi connectivity index (χ4n) is 1.38. The molecule has 0 radical (unpaired) electrons. The molecule has 0 bridgehead atoms. The van der Waals surface area contributed by atoms with E-state index in [1.54, 1.807) is 16.1 Å². The van der Waals surface area contributed by atoms with Crippen LogP contribution in [-0.2, 0) is 6.54 Å². The third kappa shape index (κ3) is 2.01. The quantitative estimate of drug-likeness (QED) is 0.789. The SMILES string of the molecule is CCCn1nncc1C(=O)c1sccc1Cl. The molecule has 0 fully saturated rings. The number of aromatic nitrogens is 3. The molecule has 0 aliphatic carbocycles. The second-order valence-corrected chi connectivity index (χ2v) is 4.59. The van der Waals surface area contributed by atoms with E-state index in [-0.39, 0.29) is 5.78 Å². The largest absolute Gasteiger partial charge is 0.286 e. The number of aryl methyl sites for hydroxylation is 1. The molecule has 2 aromatic heterocycles. The zero-order chi connectivity index (χ0) is 11.5. The molecule has 0 N–H and O–H groups in total. The summed E-state index contributed by atoms with van der Waals surface area (Å²) in [4.78, 5) is 12.7. The fourth-order valence-corrected chi connectivity index (χ4v) is 2.47. The average molecular weight is 256 g/mol. The van der Waals surface area contributed by atoms with Gasteiger partial charge in [-0.25, -0.2) is 4.68 Å². The topological polar surface area (TPSA) is 47.8 Å². The van der Waals surface area contributed by atoms with Gasteiger partial charge >= 0.3 is 0 Å². The molecule has 0 amide bonds. The van der Waals surface area contributed by atoms with Crippen molar-refractivity contribution < 1.29 is 4.79 Å². The number of nitrogens with zero attached hydrogens (tertiary/aromatic N) is 3. The Hall–Kier alpha value is -1.20. The molecule has 0 aromatic carbocycles. The molecule has 6 heteroatoms. The van der Waals surface area contributed by atoms with Crippen LogP contribution in [0.4, 0.5) is 0 Å². The number of hydrogen-bond donors (Lipinski definition) is 0. The maximum atomic E-state index is 12.1. The normalized spacial score (nSPS) is 10.6. The van der Waals surface area contributed by atoms with Crippen molar-refractivity contribution in [3.63, 3.8) is 0 Å². The predicted octanol–water partition coefficient (Wildman–Crippen LogP) is 2.63. The lowest BCUT2D eigenvalue weighted by Gasteiger charge is -2.02. The first kappa shape index (κ1) is 11.3. The highest BCUT2D eigenvalue weighted by Gasteiger charge is 2.18. The van der Waals surface area contributed by atoms with Crippen molar-refractivity contribution in [3.05, 3.63) is 33.2 Å². The number of rotatable bonds is 4. The summed E-state index contributed by atoms with van der Waals surface area (Å²) < 4.78 is 1.61. The van der Waals surface area contributed by atoms with Crippen LogP contribution in [-0.4, -0.2) is 20.8 Å². The third-order valence-corrected chi connectivity index (χ3v) is 3.45. The molecule has 2 heterocycles. The van der Waals surface area contributed by atoms with Crippen LogP contribution < -0.4 is 0 Å². The molecule has 2 rings (SSSR count). The summed E-state index contributed by atoms with van der Waals surface area (Å²) >= 11 is 7.25. The van der Waals surface area contributed by atoms with Crippen molar-refractivity contribution in [1.82, 2.24) is 15.0 Å². The molecule has 0 atom stereocenters. The van der Waals surface area contributed by atoms with Crippen molar-refractivity contribution >= 4 is 28.7 Å². The summed E-state index contributed by atoms with van der Waals surface area (Å²) in [6.45, 7) is 2.71. The van der Waals surface area contributed by atoms with Crippen LogP contribution in [0.25, 0.3) is 0 Å². The maximum Gasteiger partial charge on any atom is 0.224 e. The minimum Gasteiger partial charge on any atom is -0.286 e. The molecule has 0 saturated carbocycles. The molecular formula is C10H10ClN3OS. The Bertz CT molecular complexity index is 506. The predicted molar refractivity (Wildman–Crippen MR) is 63.1 cm³/mol. The van der Waals surface area contributed by atoms with E-state index in [9.17, 15) is 4.79 Å². The number of hydrogen-bond acceptors (Lipinski definition) is 4. The van der Waals surface area contributed by atoms with E-state index < -0.39 is 0 Å². The van der Waals surface area contributed by atoms with Crippen LogP contribution in [0.2, 0.25) is 5.02 Å². The summed E-state index contributed by atoms with van der Waals surface area (Å²) in [5, 5.41) is 9.91. The van der Waals surface area contributed by atoms with E-state index in [4.69, 9.17) is 11.6 Å². The van der Waals surface area contributed by atoms with Gasteiger partial charge in [0.2, 0.25) is 5.78 Å². The second kappa shape index (κ2) is 4.76. The van der Waals surface area contributed by atoms with Crippen molar-refractivity contribution in [3.8, 4) is 0 Å². The Labute approximate surface area is 102 Å². The molecule has 0 saturated heterocycles. The molecule has 0 aliphatic heterocycles. The van der Waals surface area contributed by atoms with Crippen LogP contribution >= 0.6 is 22.9 Å². The van der Waals surface area contributed by atoms with Gasteiger partial charge in [-0.1, -0.05) is 23.7 Å². The maximum absolute atomic E-state index is 12.1. The van der Waals surface area contributed by atoms with Gasteiger partial charge in [0.25, 0.3) is 0 Å². The van der Waals surface area contributed by atoms with E-state index in [1.807, 2.05) is 6.92 Å². The van der Waals surface area contributed by atoms with Crippen LogP contribution in [0.15, 0.2) is 17.6 Å². The zero-order valence-corrected chi connectivity index (χ0v) is 10.3. The van der Waals surface area contributed by atoms with Crippen molar-refractivity contribution in [2.24, 2.45) is 0 Å². The lowest BCUT2D eigenvalue weighted by atomic mass is 10.2. The molecule has 0 unspecified atom stereocenters. The Kier molecular flexibility index (Phi) is 3.36. The first-order chi connectivity index (χ1) is 7.74. The average Bonchev–Trinajstić information content (AvgIpc) is 2.87. The van der Waals surface area contributed by atoms with Crippen LogP contribution in [0.1, 0.15) is 28.7 Å². The molecule has 2 aromatic rings. The lowest BCUT2D eigenvalue weighted by molar-refractivity contribution is 0.103. The van der Waals surface area contributed by atoms with Gasteiger partial charge in [-0.3, -0.25) is 4.79 Å². The van der Waals surface area contributed by atoms with Gasteiger partial charge in [-0.15, -0.1) is 16.4 Å². The Morgan fingerprint density at radius 2 is 2.44 bits per heavy atom. The first-order valence-electron chi connectivity index (χ1n) is 4.90. The minimum absolute atomic E-state index is 0.113. The van der Waals surface area contributed by atoms with Crippen molar-refractivity contribution in [2.75, 3.05) is 0 Å². The highest BCUT2D eigenvalue weighted by molar-refractivity contribution is 7.13. The van der Waals surface area contributed by atoms with Crippen LogP contribution in [0.3, 0.4) is 0 Å². The fraction of sp³-hybridized carbons (Fsp3) is 0.300. The summed E-state index contributed by atoms with van der Waals surface area (Å²) in [7, 11) is 0. The van der Waals surface area contributed by atoms with E-state index in [0.717, 1.165) is 6.42 Å². The van der Waals surface area contributed by atoms with Gasteiger partial charge in [0, 0.05) is 6.54 Å². The second-order valence-electron chi connectivity index (χ2n) is 3.27. The van der Waals surface area contributed by atoms with Crippen molar-refractivity contribution in [1.29, 1.82) is 0 Å². The van der Waals surface area contributed by atoms with Crippen LogP contribution in [0.5, 0.6) is 0 Å². The molecule has 84 valence electrons. The summed E-state index contributed by atoms with van der Waals surface area (Å²) in [6, 6.07) is 1.72. The Morgan fingerprint density at radius 1 is 1.62 bits per heavy atom. The van der Waals surface area contributed by atoms with E-state index in [1.165, 1.54) is 17.5 Å². The molecule has 0 spiro atoms. The van der Waals surface area contributed by atoms with Gasteiger partial charge in [0.15, 0.2) is 0 Å². The number of thiophene rings is 1. The van der Waals surface area contributed by atoms with Gasteiger partial charge < -0.3 is 0 Å². The first-order valence-corrected chi connectivity index (χ1v) is 6.16. The highest BCUT2D eigenvalue weighted by atomic mass is 35.5. The highest BCUT2D eigenvalue weighted by Crippen LogP contribution is 2.24. The molecule has 16 heavy (non-hydrogen) atoms. The number of ketones is 1. The summed E-state index contributed by atoms with van der Waals surface area (Å²) in [6.07, 6.45) is 2.38. The van der Waals surface area contributed by atoms with Gasteiger partial charge in [0.1, 0.15) is 5.69 Å². The molecule has 0 aliphatic rings. The van der Waals surface area contributed by atoms with E-state index in [0.29, 0.717) is 22.1 Å². The monoisotopic (exact) mass is 255 g/mol. The molecule has 4 nitrogen and oxygen atoms in total. The number of carbonyl (C=O) groups is 1. The van der Waals surface area contributed by atoms with Gasteiger partial charge in [0.05, 0.1) is 16.1 Å². The summed E-state index contributed by atoms with van der Waals surface area (Å²) in [5.74, 6) is -0.113. The number of carbonyl (C=O) groups excluding carboxylic acids is 1. The lowest BCUT2D eigenvalue weighted by Crippen LogP contribution is -2.10. The minimum atomic E-state index is -0.113. The standard InChI is InChI=1S/C10H10ClN3OS/c1-2-4-14-8(6-12-13-14)9(15)10-7(11)3-5-16-10/h3,5-6H,2,4H2,1H3. The van der Waals surface area contributed by atoms with Gasteiger partial charge in [-0.05, 0) is 17.9 Å². The van der Waals surface area contributed by atoms with Gasteiger partial charge in [-0.2, -0.15) is 0 Å². The third-order valence-electron chi connectivity index (χ3n) is 2.11.